The molecule has 16 heavy (non-hydrogen) atoms. The topological polar surface area (TPSA) is 0 Å². The molecule has 77 valence electrons. The van der Waals surface area contributed by atoms with Gasteiger partial charge in [-0.2, -0.15) is 0 Å². The maximum absolute atomic E-state index is 2.21. The zero-order chi connectivity index (χ0) is 10.8. The van der Waals surface area contributed by atoms with Crippen molar-refractivity contribution in [2.75, 3.05) is 0 Å². The maximum Gasteiger partial charge on any atom is -0.0106 e. The normalized spacial score (nSPS) is 15.1. The van der Waals surface area contributed by atoms with E-state index >= 15 is 0 Å². The lowest BCUT2D eigenvalue weighted by Gasteiger charge is -2.10. The summed E-state index contributed by atoms with van der Waals surface area (Å²) in [5.41, 5.74) is 2.63. The lowest BCUT2D eigenvalue weighted by Crippen LogP contribution is -1.87. The Labute approximate surface area is 95.9 Å². The van der Waals surface area contributed by atoms with Crippen LogP contribution in [0.15, 0.2) is 60.7 Å². The number of rotatable bonds is 1. The lowest BCUT2D eigenvalue weighted by atomic mass is 9.95. The van der Waals surface area contributed by atoms with Crippen LogP contribution in [-0.2, 0) is 0 Å². The molecule has 0 heterocycles. The van der Waals surface area contributed by atoms with Crippen LogP contribution in [0.2, 0.25) is 0 Å². The van der Waals surface area contributed by atoms with Crippen LogP contribution in [0.5, 0.6) is 0 Å². The van der Waals surface area contributed by atoms with Crippen molar-refractivity contribution < 1.29 is 0 Å². The van der Waals surface area contributed by atoms with E-state index in [0.717, 1.165) is 6.42 Å². The predicted molar refractivity (Wildman–Crippen MR) is 70.0 cm³/mol. The smallest absolute Gasteiger partial charge is 0.0106 e. The Morgan fingerprint density at radius 2 is 1.75 bits per heavy atom. The standard InChI is InChI=1S/C16H13/c1-2-7-13(8-3-1)16-12-6-10-14-9-4-5-11-15(14)16/h2-12H,1H2. The van der Waals surface area contributed by atoms with Gasteiger partial charge in [0, 0.05) is 0 Å². The van der Waals surface area contributed by atoms with Gasteiger partial charge in [0.05, 0.1) is 0 Å². The van der Waals surface area contributed by atoms with E-state index in [1.165, 1.54) is 21.9 Å². The molecular formula is C16H13. The van der Waals surface area contributed by atoms with Crippen molar-refractivity contribution in [3.63, 3.8) is 0 Å². The van der Waals surface area contributed by atoms with E-state index in [1.54, 1.807) is 0 Å². The average molecular weight is 205 g/mol. The van der Waals surface area contributed by atoms with Crippen molar-refractivity contribution in [1.82, 2.24) is 0 Å². The van der Waals surface area contributed by atoms with Gasteiger partial charge >= 0.3 is 0 Å². The second-order valence-corrected chi connectivity index (χ2v) is 4.02. The summed E-state index contributed by atoms with van der Waals surface area (Å²) in [4.78, 5) is 0. The summed E-state index contributed by atoms with van der Waals surface area (Å²) in [6.07, 6.45) is 9.88. The van der Waals surface area contributed by atoms with E-state index in [1.807, 2.05) is 0 Å². The van der Waals surface area contributed by atoms with Crippen LogP contribution in [0.25, 0.3) is 16.3 Å². The Morgan fingerprint density at radius 1 is 0.875 bits per heavy atom. The minimum Gasteiger partial charge on any atom is -0.0833 e. The van der Waals surface area contributed by atoms with Gasteiger partial charge in [-0.05, 0) is 34.8 Å². The molecule has 0 unspecified atom stereocenters. The van der Waals surface area contributed by atoms with E-state index in [4.69, 9.17) is 0 Å². The van der Waals surface area contributed by atoms with Crippen molar-refractivity contribution in [3.05, 3.63) is 72.7 Å². The van der Waals surface area contributed by atoms with E-state index in [-0.39, 0.29) is 0 Å². The third-order valence-electron chi connectivity index (χ3n) is 2.97. The molecule has 0 spiro atoms. The molecule has 3 rings (SSSR count). The second kappa shape index (κ2) is 3.97. The second-order valence-electron chi connectivity index (χ2n) is 4.02. The first-order valence-electron chi connectivity index (χ1n) is 5.63. The molecule has 0 aromatic heterocycles. The first-order chi connectivity index (χ1) is 7.95. The summed E-state index contributed by atoms with van der Waals surface area (Å²) in [6.45, 7) is 0. The van der Waals surface area contributed by atoms with Crippen molar-refractivity contribution in [1.29, 1.82) is 0 Å². The predicted octanol–water partition coefficient (Wildman–Crippen LogP) is 4.39. The molecule has 0 nitrogen and oxygen atoms in total. The van der Waals surface area contributed by atoms with Crippen LogP contribution in [-0.4, -0.2) is 0 Å². The van der Waals surface area contributed by atoms with Crippen molar-refractivity contribution in [2.24, 2.45) is 0 Å². The zero-order valence-electron chi connectivity index (χ0n) is 9.06. The fourth-order valence-corrected chi connectivity index (χ4v) is 2.18. The molecule has 1 radical (unpaired) electrons. The van der Waals surface area contributed by atoms with Crippen LogP contribution < -0.4 is 0 Å². The summed E-state index contributed by atoms with van der Waals surface area (Å²) in [7, 11) is 0. The highest BCUT2D eigenvalue weighted by atomic mass is 14.1. The monoisotopic (exact) mass is 205 g/mol. The highest BCUT2D eigenvalue weighted by Gasteiger charge is 2.04. The van der Waals surface area contributed by atoms with Gasteiger partial charge in [-0.1, -0.05) is 60.7 Å². The largest absolute Gasteiger partial charge is 0.0833 e. The molecule has 2 aromatic rings. The molecule has 0 heteroatoms. The first-order valence-corrected chi connectivity index (χ1v) is 5.63. The highest BCUT2D eigenvalue weighted by molar-refractivity contribution is 5.96. The van der Waals surface area contributed by atoms with Crippen LogP contribution in [0.3, 0.4) is 0 Å². The van der Waals surface area contributed by atoms with Gasteiger partial charge in [0.25, 0.3) is 0 Å². The fraction of sp³-hybridized carbons (Fsp3) is 0.0625. The lowest BCUT2D eigenvalue weighted by molar-refractivity contribution is 1.27. The molecule has 1 aliphatic rings. The number of hydrogen-bond donors (Lipinski definition) is 0. The summed E-state index contributed by atoms with van der Waals surface area (Å²) in [6, 6.07) is 15.0. The van der Waals surface area contributed by atoms with Gasteiger partial charge in [0.15, 0.2) is 0 Å². The number of benzene rings is 2. The Bertz CT molecular complexity index is 568. The first kappa shape index (κ1) is 9.41. The molecule has 0 saturated carbocycles. The molecule has 0 aliphatic heterocycles. The van der Waals surface area contributed by atoms with E-state index in [0.29, 0.717) is 0 Å². The quantitative estimate of drug-likeness (QED) is 0.647. The Morgan fingerprint density at radius 3 is 2.62 bits per heavy atom. The average Bonchev–Trinajstić information content (AvgIpc) is 2.39. The highest BCUT2D eigenvalue weighted by Crippen LogP contribution is 2.27. The van der Waals surface area contributed by atoms with Crippen LogP contribution in [0, 0.1) is 6.42 Å². The molecule has 0 N–H and O–H groups in total. The van der Waals surface area contributed by atoms with Gasteiger partial charge in [-0.15, -0.1) is 0 Å². The van der Waals surface area contributed by atoms with Gasteiger partial charge in [-0.3, -0.25) is 0 Å². The summed E-state index contributed by atoms with van der Waals surface area (Å²) < 4.78 is 0. The minimum absolute atomic E-state index is 1.05. The Balaban J connectivity index is 2.23. The zero-order valence-corrected chi connectivity index (χ0v) is 9.06. The van der Waals surface area contributed by atoms with E-state index in [2.05, 4.69) is 67.1 Å². The number of allylic oxidation sites excluding steroid dienone is 4. The molecule has 2 aromatic carbocycles. The molecule has 0 saturated heterocycles. The van der Waals surface area contributed by atoms with Crippen molar-refractivity contribution in [2.45, 2.75) is 6.42 Å². The molecule has 0 atom stereocenters. The van der Waals surface area contributed by atoms with E-state index in [9.17, 15) is 0 Å². The van der Waals surface area contributed by atoms with Crippen LogP contribution >= 0.6 is 0 Å². The third kappa shape index (κ3) is 1.57. The van der Waals surface area contributed by atoms with Gasteiger partial charge < -0.3 is 0 Å². The van der Waals surface area contributed by atoms with E-state index < -0.39 is 0 Å². The Hall–Kier alpha value is -1.82. The summed E-state index contributed by atoms with van der Waals surface area (Å²) in [5, 5.41) is 2.64. The SMILES string of the molecule is [CH]1C=C(c2cccc3ccccc23)C=CC1. The van der Waals surface area contributed by atoms with Crippen molar-refractivity contribution >= 4 is 16.3 Å². The molecular weight excluding hydrogens is 192 g/mol. The van der Waals surface area contributed by atoms with Crippen LogP contribution in [0.4, 0.5) is 0 Å². The maximum atomic E-state index is 2.21. The number of fused-ring (bicyclic) bond motifs is 1. The van der Waals surface area contributed by atoms with Gasteiger partial charge in [0.2, 0.25) is 0 Å². The minimum atomic E-state index is 1.05. The Kier molecular flexibility index (Phi) is 2.34. The third-order valence-corrected chi connectivity index (χ3v) is 2.97. The molecule has 0 bridgehead atoms. The van der Waals surface area contributed by atoms with Crippen molar-refractivity contribution in [3.8, 4) is 0 Å². The van der Waals surface area contributed by atoms with Gasteiger partial charge in [-0.25, -0.2) is 0 Å². The summed E-state index contributed by atoms with van der Waals surface area (Å²) in [5.74, 6) is 0. The molecule has 0 amide bonds. The number of hydrogen-bond acceptors (Lipinski definition) is 0. The fourth-order valence-electron chi connectivity index (χ4n) is 2.18. The molecule has 1 aliphatic carbocycles. The summed E-state index contributed by atoms with van der Waals surface area (Å²) >= 11 is 0. The van der Waals surface area contributed by atoms with Crippen LogP contribution in [0.1, 0.15) is 12.0 Å². The molecule has 0 fully saturated rings. The van der Waals surface area contributed by atoms with Gasteiger partial charge in [0.1, 0.15) is 0 Å².